The molecule has 3 N–H and O–H groups in total. The van der Waals surface area contributed by atoms with E-state index < -0.39 is 11.2 Å². The van der Waals surface area contributed by atoms with Crippen LogP contribution in [-0.4, -0.2) is 22.0 Å². The number of thioether (sulfide) groups is 1. The van der Waals surface area contributed by atoms with E-state index in [9.17, 15) is 9.59 Å². The summed E-state index contributed by atoms with van der Waals surface area (Å²) >= 11 is 8.51. The minimum absolute atomic E-state index is 0.244. The first kappa shape index (κ1) is 15.8. The van der Waals surface area contributed by atoms with Gasteiger partial charge in [-0.2, -0.15) is 0 Å². The lowest BCUT2D eigenvalue weighted by Crippen LogP contribution is -2.23. The van der Waals surface area contributed by atoms with E-state index in [4.69, 9.17) is 17.3 Å². The van der Waals surface area contributed by atoms with Crippen molar-refractivity contribution in [3.8, 4) is 0 Å². The third-order valence-electron chi connectivity index (χ3n) is 2.55. The van der Waals surface area contributed by atoms with Crippen molar-refractivity contribution in [2.45, 2.75) is 17.2 Å². The van der Waals surface area contributed by atoms with E-state index in [1.807, 2.05) is 0 Å². The lowest BCUT2D eigenvalue weighted by molar-refractivity contribution is -0.115. The SMILES string of the molecule is CC(Sc1ncccc1Cl)C(=O)Nc1sccc1C(N)=O. The van der Waals surface area contributed by atoms with Crippen molar-refractivity contribution < 1.29 is 9.59 Å². The first-order chi connectivity index (χ1) is 9.99. The average molecular weight is 342 g/mol. The van der Waals surface area contributed by atoms with Crippen LogP contribution in [0, 0.1) is 0 Å². The monoisotopic (exact) mass is 341 g/mol. The molecule has 0 saturated heterocycles. The number of halogens is 1. The molecule has 21 heavy (non-hydrogen) atoms. The molecule has 0 saturated carbocycles. The Kier molecular flexibility index (Phi) is 5.22. The number of aromatic nitrogens is 1. The van der Waals surface area contributed by atoms with Crippen molar-refractivity contribution in [3.63, 3.8) is 0 Å². The third kappa shape index (κ3) is 3.96. The fourth-order valence-electron chi connectivity index (χ4n) is 1.49. The Morgan fingerprint density at radius 1 is 1.48 bits per heavy atom. The molecule has 8 heteroatoms. The van der Waals surface area contributed by atoms with Crippen molar-refractivity contribution in [1.29, 1.82) is 0 Å². The van der Waals surface area contributed by atoms with E-state index in [0.29, 0.717) is 20.6 Å². The fourth-order valence-corrected chi connectivity index (χ4v) is 3.35. The Balaban J connectivity index is 2.05. The smallest absolute Gasteiger partial charge is 0.251 e. The highest BCUT2D eigenvalue weighted by Crippen LogP contribution is 2.29. The number of pyridine rings is 1. The standard InChI is InChI=1S/C13H12ClN3O2S2/c1-7(21-13-9(14)3-2-5-16-13)11(19)17-12-8(10(15)18)4-6-20-12/h2-7H,1H3,(H2,15,18)(H,17,19). The molecule has 0 bridgehead atoms. The molecule has 2 rings (SSSR count). The van der Waals surface area contributed by atoms with Gasteiger partial charge < -0.3 is 11.1 Å². The van der Waals surface area contributed by atoms with Crippen LogP contribution < -0.4 is 11.1 Å². The molecule has 2 heterocycles. The molecule has 5 nitrogen and oxygen atoms in total. The number of nitrogens with one attached hydrogen (secondary N) is 1. The topological polar surface area (TPSA) is 85.1 Å². The molecule has 0 radical (unpaired) electrons. The van der Waals surface area contributed by atoms with Crippen LogP contribution in [0.25, 0.3) is 0 Å². The van der Waals surface area contributed by atoms with Crippen molar-refractivity contribution in [1.82, 2.24) is 4.98 Å². The van der Waals surface area contributed by atoms with Crippen molar-refractivity contribution in [2.24, 2.45) is 5.73 Å². The molecular formula is C13H12ClN3O2S2. The molecule has 2 aromatic heterocycles. The van der Waals surface area contributed by atoms with Crippen LogP contribution in [-0.2, 0) is 4.79 Å². The molecule has 1 atom stereocenters. The van der Waals surface area contributed by atoms with Gasteiger partial charge in [-0.1, -0.05) is 23.4 Å². The second-order valence-corrected chi connectivity index (χ2v) is 6.72. The van der Waals surface area contributed by atoms with Crippen LogP contribution in [0.5, 0.6) is 0 Å². The average Bonchev–Trinajstić information content (AvgIpc) is 2.89. The number of hydrogen-bond acceptors (Lipinski definition) is 5. The van der Waals surface area contributed by atoms with E-state index in [1.165, 1.54) is 23.1 Å². The predicted molar refractivity (Wildman–Crippen MR) is 86.0 cm³/mol. The highest BCUT2D eigenvalue weighted by atomic mass is 35.5. The Morgan fingerprint density at radius 3 is 2.90 bits per heavy atom. The van der Waals surface area contributed by atoms with E-state index in [0.717, 1.165) is 0 Å². The number of anilines is 1. The summed E-state index contributed by atoms with van der Waals surface area (Å²) in [6, 6.07) is 5.02. The van der Waals surface area contributed by atoms with Gasteiger partial charge in [0.15, 0.2) is 0 Å². The lowest BCUT2D eigenvalue weighted by atomic mass is 10.3. The van der Waals surface area contributed by atoms with Crippen LogP contribution in [0.1, 0.15) is 17.3 Å². The highest BCUT2D eigenvalue weighted by molar-refractivity contribution is 8.00. The van der Waals surface area contributed by atoms with Gasteiger partial charge in [0.05, 0.1) is 15.8 Å². The summed E-state index contributed by atoms with van der Waals surface area (Å²) in [6.07, 6.45) is 1.61. The Morgan fingerprint density at radius 2 is 2.24 bits per heavy atom. The summed E-state index contributed by atoms with van der Waals surface area (Å²) in [7, 11) is 0. The largest absolute Gasteiger partial charge is 0.366 e. The Bertz CT molecular complexity index is 675. The van der Waals surface area contributed by atoms with Crippen LogP contribution >= 0.6 is 34.7 Å². The maximum atomic E-state index is 12.2. The minimum Gasteiger partial charge on any atom is -0.366 e. The van der Waals surface area contributed by atoms with Gasteiger partial charge in [-0.05, 0) is 30.5 Å². The summed E-state index contributed by atoms with van der Waals surface area (Å²) in [5.74, 6) is -0.814. The normalized spacial score (nSPS) is 11.9. The number of carbonyl (C=O) groups excluding carboxylic acids is 2. The van der Waals surface area contributed by atoms with Crippen molar-refractivity contribution >= 4 is 51.5 Å². The number of hydrogen-bond donors (Lipinski definition) is 2. The molecule has 2 aromatic rings. The van der Waals surface area contributed by atoms with Gasteiger partial charge >= 0.3 is 0 Å². The first-order valence-electron chi connectivity index (χ1n) is 5.94. The summed E-state index contributed by atoms with van der Waals surface area (Å²) in [4.78, 5) is 27.5. The van der Waals surface area contributed by atoms with E-state index in [-0.39, 0.29) is 5.91 Å². The van der Waals surface area contributed by atoms with Gasteiger partial charge in [-0.15, -0.1) is 11.3 Å². The van der Waals surface area contributed by atoms with Gasteiger partial charge in [0.1, 0.15) is 10.0 Å². The maximum Gasteiger partial charge on any atom is 0.251 e. The molecule has 0 spiro atoms. The van der Waals surface area contributed by atoms with Crippen LogP contribution in [0.2, 0.25) is 5.02 Å². The summed E-state index contributed by atoms with van der Waals surface area (Å²) in [5, 5.41) is 5.51. The fraction of sp³-hybridized carbons (Fsp3) is 0.154. The minimum atomic E-state index is -0.570. The molecule has 0 aliphatic carbocycles. The molecule has 1 unspecified atom stereocenters. The zero-order valence-corrected chi connectivity index (χ0v) is 13.4. The number of carbonyl (C=O) groups is 2. The second kappa shape index (κ2) is 6.93. The maximum absolute atomic E-state index is 12.2. The van der Waals surface area contributed by atoms with E-state index >= 15 is 0 Å². The first-order valence-corrected chi connectivity index (χ1v) is 8.08. The van der Waals surface area contributed by atoms with Crippen molar-refractivity contribution in [2.75, 3.05) is 5.32 Å². The Hall–Kier alpha value is -1.57. The zero-order valence-electron chi connectivity index (χ0n) is 11.0. The molecule has 2 amide bonds. The van der Waals surface area contributed by atoms with Gasteiger partial charge in [0, 0.05) is 6.20 Å². The molecule has 0 aliphatic heterocycles. The summed E-state index contributed by atoms with van der Waals surface area (Å²) in [5.41, 5.74) is 5.54. The summed E-state index contributed by atoms with van der Waals surface area (Å²) in [6.45, 7) is 1.74. The van der Waals surface area contributed by atoms with Gasteiger partial charge in [0.25, 0.3) is 5.91 Å². The highest BCUT2D eigenvalue weighted by Gasteiger charge is 2.19. The third-order valence-corrected chi connectivity index (χ3v) is 4.91. The number of primary amides is 1. The molecular weight excluding hydrogens is 330 g/mol. The molecule has 110 valence electrons. The van der Waals surface area contributed by atoms with Crippen molar-refractivity contribution in [3.05, 3.63) is 40.4 Å². The molecule has 0 aliphatic rings. The quantitative estimate of drug-likeness (QED) is 0.818. The number of amides is 2. The van der Waals surface area contributed by atoms with Gasteiger partial charge in [0.2, 0.25) is 5.91 Å². The van der Waals surface area contributed by atoms with E-state index in [1.54, 1.807) is 36.7 Å². The zero-order chi connectivity index (χ0) is 15.4. The molecule has 0 fully saturated rings. The number of nitrogens with two attached hydrogens (primary N) is 1. The van der Waals surface area contributed by atoms with Crippen LogP contribution in [0.4, 0.5) is 5.00 Å². The van der Waals surface area contributed by atoms with Crippen LogP contribution in [0.3, 0.4) is 0 Å². The van der Waals surface area contributed by atoms with Gasteiger partial charge in [-0.3, -0.25) is 9.59 Å². The van der Waals surface area contributed by atoms with Crippen LogP contribution in [0.15, 0.2) is 34.8 Å². The second-order valence-electron chi connectivity index (χ2n) is 4.07. The summed E-state index contributed by atoms with van der Waals surface area (Å²) < 4.78 is 0. The number of nitrogens with zero attached hydrogens (tertiary/aromatic N) is 1. The number of thiophene rings is 1. The van der Waals surface area contributed by atoms with E-state index in [2.05, 4.69) is 10.3 Å². The Labute approximate surface area is 134 Å². The van der Waals surface area contributed by atoms with Gasteiger partial charge in [-0.25, -0.2) is 4.98 Å². The lowest BCUT2D eigenvalue weighted by Gasteiger charge is -2.11. The molecule has 0 aromatic carbocycles. The number of rotatable bonds is 5. The predicted octanol–water partition coefficient (Wildman–Crippen LogP) is 3.01.